The minimum atomic E-state index is -0.456. The van der Waals surface area contributed by atoms with Crippen molar-refractivity contribution in [3.05, 3.63) is 0 Å². The fraction of sp³-hybridized carbons (Fsp3) is 0.750. The van der Waals surface area contributed by atoms with E-state index >= 15 is 0 Å². The van der Waals surface area contributed by atoms with Crippen LogP contribution in [-0.2, 0) is 9.59 Å². The molecule has 0 saturated carbocycles. The first-order valence-corrected chi connectivity index (χ1v) is 4.44. The van der Waals surface area contributed by atoms with Crippen molar-refractivity contribution in [2.45, 2.75) is 31.6 Å². The summed E-state index contributed by atoms with van der Waals surface area (Å²) in [5.41, 5.74) is 5.57. The van der Waals surface area contributed by atoms with Gasteiger partial charge in [-0.25, -0.2) is 0 Å². The van der Waals surface area contributed by atoms with Crippen LogP contribution in [0.5, 0.6) is 0 Å². The molecule has 2 heterocycles. The van der Waals surface area contributed by atoms with Crippen molar-refractivity contribution in [2.75, 3.05) is 6.54 Å². The third-order valence-electron chi connectivity index (χ3n) is 2.76. The molecule has 0 aromatic rings. The normalized spacial score (nSPS) is 38.2. The molecule has 0 aromatic heterocycles. The number of β-lactam (4-membered cyclic amide) rings is 1. The number of amides is 1. The highest BCUT2D eigenvalue weighted by atomic mass is 16.2. The fourth-order valence-corrected chi connectivity index (χ4v) is 2.01. The molecule has 0 aromatic carbocycles. The van der Waals surface area contributed by atoms with E-state index in [0.717, 1.165) is 6.54 Å². The van der Waals surface area contributed by atoms with Gasteiger partial charge in [-0.2, -0.15) is 0 Å². The Balaban J connectivity index is 2.16. The zero-order chi connectivity index (χ0) is 9.59. The molecular formula is C8H13N3O2. The SMILES string of the molecule is CC(=O)C1CCNC2C(N)C(=O)N12. The van der Waals surface area contributed by atoms with Crippen molar-refractivity contribution >= 4 is 11.7 Å². The Hall–Kier alpha value is -0.940. The number of hydrogen-bond acceptors (Lipinski definition) is 4. The zero-order valence-electron chi connectivity index (χ0n) is 7.49. The highest BCUT2D eigenvalue weighted by Gasteiger charge is 2.51. The number of ketones is 1. The molecular weight excluding hydrogens is 170 g/mol. The first-order chi connectivity index (χ1) is 6.13. The van der Waals surface area contributed by atoms with Gasteiger partial charge in [-0.1, -0.05) is 0 Å². The van der Waals surface area contributed by atoms with E-state index in [1.54, 1.807) is 4.90 Å². The standard InChI is InChI=1S/C8H13N3O2/c1-4(12)5-2-3-10-7-6(9)8(13)11(5)7/h5-7,10H,2-3,9H2,1H3. The Morgan fingerprint density at radius 2 is 2.38 bits per heavy atom. The number of fused-ring (bicyclic) bond motifs is 1. The Kier molecular flexibility index (Phi) is 1.85. The lowest BCUT2D eigenvalue weighted by molar-refractivity contribution is -0.162. The third kappa shape index (κ3) is 1.08. The average Bonchev–Trinajstić information content (AvgIpc) is 2.15. The van der Waals surface area contributed by atoms with Gasteiger partial charge < -0.3 is 10.6 Å². The second-order valence-electron chi connectivity index (χ2n) is 3.59. The van der Waals surface area contributed by atoms with Crippen LogP contribution in [0.1, 0.15) is 13.3 Å². The molecule has 0 aliphatic carbocycles. The van der Waals surface area contributed by atoms with E-state index in [2.05, 4.69) is 5.32 Å². The minimum Gasteiger partial charge on any atom is -0.317 e. The molecule has 2 aliphatic heterocycles. The van der Waals surface area contributed by atoms with Gasteiger partial charge in [0.05, 0.1) is 6.04 Å². The van der Waals surface area contributed by atoms with Gasteiger partial charge in [0.15, 0.2) is 5.78 Å². The van der Waals surface area contributed by atoms with E-state index < -0.39 is 6.04 Å². The van der Waals surface area contributed by atoms with Crippen LogP contribution in [0.25, 0.3) is 0 Å². The maximum Gasteiger partial charge on any atom is 0.244 e. The summed E-state index contributed by atoms with van der Waals surface area (Å²) in [4.78, 5) is 24.1. The molecule has 0 bridgehead atoms. The summed E-state index contributed by atoms with van der Waals surface area (Å²) in [7, 11) is 0. The lowest BCUT2D eigenvalue weighted by atomic mass is 9.93. The van der Waals surface area contributed by atoms with Gasteiger partial charge in [0.2, 0.25) is 5.91 Å². The Bertz CT molecular complexity index is 266. The second-order valence-corrected chi connectivity index (χ2v) is 3.59. The van der Waals surface area contributed by atoms with Gasteiger partial charge in [-0.3, -0.25) is 14.9 Å². The number of carbonyl (C=O) groups excluding carboxylic acids is 2. The van der Waals surface area contributed by atoms with Gasteiger partial charge >= 0.3 is 0 Å². The minimum absolute atomic E-state index is 0.0479. The number of carbonyl (C=O) groups is 2. The molecule has 5 nitrogen and oxygen atoms in total. The molecule has 72 valence electrons. The van der Waals surface area contributed by atoms with Crippen LogP contribution in [0.15, 0.2) is 0 Å². The smallest absolute Gasteiger partial charge is 0.244 e. The summed E-state index contributed by atoms with van der Waals surface area (Å²) in [5.74, 6) is -0.0656. The molecule has 2 rings (SSSR count). The summed E-state index contributed by atoms with van der Waals surface area (Å²) in [6.07, 6.45) is 0.583. The Morgan fingerprint density at radius 3 is 3.00 bits per heavy atom. The lowest BCUT2D eigenvalue weighted by Gasteiger charge is -2.52. The van der Waals surface area contributed by atoms with Gasteiger partial charge in [0.1, 0.15) is 12.2 Å². The van der Waals surface area contributed by atoms with E-state index in [1.807, 2.05) is 0 Å². The van der Waals surface area contributed by atoms with E-state index in [9.17, 15) is 9.59 Å². The molecule has 5 heteroatoms. The van der Waals surface area contributed by atoms with E-state index in [1.165, 1.54) is 6.92 Å². The van der Waals surface area contributed by atoms with E-state index in [4.69, 9.17) is 5.73 Å². The highest BCUT2D eigenvalue weighted by molar-refractivity contribution is 5.95. The molecule has 0 radical (unpaired) electrons. The molecule has 13 heavy (non-hydrogen) atoms. The quantitative estimate of drug-likeness (QED) is 0.482. The van der Waals surface area contributed by atoms with Gasteiger partial charge in [-0.15, -0.1) is 0 Å². The number of nitrogens with zero attached hydrogens (tertiary/aromatic N) is 1. The monoisotopic (exact) mass is 183 g/mol. The first kappa shape index (κ1) is 8.65. The van der Waals surface area contributed by atoms with Crippen LogP contribution in [0.2, 0.25) is 0 Å². The molecule has 0 spiro atoms. The molecule has 2 saturated heterocycles. The Morgan fingerprint density at radius 1 is 1.69 bits per heavy atom. The molecule has 3 unspecified atom stereocenters. The predicted octanol–water partition coefficient (Wildman–Crippen LogP) is -1.57. The van der Waals surface area contributed by atoms with Crippen molar-refractivity contribution in [1.29, 1.82) is 0 Å². The zero-order valence-corrected chi connectivity index (χ0v) is 7.49. The van der Waals surface area contributed by atoms with Crippen molar-refractivity contribution in [3.8, 4) is 0 Å². The molecule has 2 aliphatic rings. The number of rotatable bonds is 1. The van der Waals surface area contributed by atoms with Crippen molar-refractivity contribution < 1.29 is 9.59 Å². The Labute approximate surface area is 76.3 Å². The number of hydrogen-bond donors (Lipinski definition) is 2. The summed E-state index contributed by atoms with van der Waals surface area (Å²) in [6, 6.07) is -0.708. The molecule has 3 atom stereocenters. The second kappa shape index (κ2) is 2.78. The molecule has 1 amide bonds. The third-order valence-corrected chi connectivity index (χ3v) is 2.76. The van der Waals surface area contributed by atoms with Crippen molar-refractivity contribution in [3.63, 3.8) is 0 Å². The predicted molar refractivity (Wildman–Crippen MR) is 45.7 cm³/mol. The first-order valence-electron chi connectivity index (χ1n) is 4.44. The van der Waals surface area contributed by atoms with Crippen LogP contribution in [0, 0.1) is 0 Å². The number of nitrogens with one attached hydrogen (secondary N) is 1. The molecule has 2 fully saturated rings. The van der Waals surface area contributed by atoms with E-state index in [-0.39, 0.29) is 23.9 Å². The summed E-state index contributed by atoms with van der Waals surface area (Å²) < 4.78 is 0. The van der Waals surface area contributed by atoms with Crippen LogP contribution >= 0.6 is 0 Å². The summed E-state index contributed by atoms with van der Waals surface area (Å²) >= 11 is 0. The maximum atomic E-state index is 11.3. The van der Waals surface area contributed by atoms with Crippen LogP contribution in [0.4, 0.5) is 0 Å². The largest absolute Gasteiger partial charge is 0.317 e. The van der Waals surface area contributed by atoms with Crippen molar-refractivity contribution in [2.24, 2.45) is 5.73 Å². The number of nitrogens with two attached hydrogens (primary N) is 1. The topological polar surface area (TPSA) is 75.4 Å². The number of Topliss-reactive ketones (excluding diaryl/α,β-unsaturated/α-hetero) is 1. The highest BCUT2D eigenvalue weighted by Crippen LogP contribution is 2.25. The van der Waals surface area contributed by atoms with Crippen LogP contribution in [0.3, 0.4) is 0 Å². The van der Waals surface area contributed by atoms with Gasteiger partial charge in [0, 0.05) is 0 Å². The van der Waals surface area contributed by atoms with Gasteiger partial charge in [-0.05, 0) is 19.9 Å². The molecule has 3 N–H and O–H groups in total. The summed E-state index contributed by atoms with van der Waals surface area (Å²) in [6.45, 7) is 2.27. The van der Waals surface area contributed by atoms with Crippen LogP contribution in [-0.4, -0.2) is 41.4 Å². The maximum absolute atomic E-state index is 11.3. The fourth-order valence-electron chi connectivity index (χ4n) is 2.01. The lowest BCUT2D eigenvalue weighted by Crippen LogP contribution is -2.79. The van der Waals surface area contributed by atoms with E-state index in [0.29, 0.717) is 6.42 Å². The average molecular weight is 183 g/mol. The van der Waals surface area contributed by atoms with Crippen molar-refractivity contribution in [1.82, 2.24) is 10.2 Å². The van der Waals surface area contributed by atoms with Crippen LogP contribution < -0.4 is 11.1 Å². The van der Waals surface area contributed by atoms with Gasteiger partial charge in [0.25, 0.3) is 0 Å². The summed E-state index contributed by atoms with van der Waals surface area (Å²) in [5, 5.41) is 3.11.